The molecule has 26 heavy (non-hydrogen) atoms. The first-order valence-electron chi connectivity index (χ1n) is 8.02. The van der Waals surface area contributed by atoms with Gasteiger partial charge in [0.15, 0.2) is 0 Å². The fraction of sp³-hybridized carbons (Fsp3) is 0.176. The van der Waals surface area contributed by atoms with Gasteiger partial charge in [-0.05, 0) is 47.2 Å². The van der Waals surface area contributed by atoms with Crippen LogP contribution in [-0.2, 0) is 0 Å². The van der Waals surface area contributed by atoms with Crippen LogP contribution in [0.25, 0.3) is 5.69 Å². The van der Waals surface area contributed by atoms with Crippen LogP contribution in [0.1, 0.15) is 5.56 Å². The van der Waals surface area contributed by atoms with Gasteiger partial charge in [-0.2, -0.15) is 4.68 Å². The fourth-order valence-corrected chi connectivity index (χ4v) is 2.42. The van der Waals surface area contributed by atoms with E-state index < -0.39 is 0 Å². The van der Waals surface area contributed by atoms with Gasteiger partial charge in [-0.15, -0.1) is 0 Å². The monoisotopic (exact) mass is 371 g/mol. The molecule has 3 rings (SSSR count). The van der Waals surface area contributed by atoms with Gasteiger partial charge < -0.3 is 16.0 Å². The highest BCUT2D eigenvalue weighted by Gasteiger charge is 2.07. The first-order chi connectivity index (χ1) is 12.6. The predicted molar refractivity (Wildman–Crippen MR) is 101 cm³/mol. The van der Waals surface area contributed by atoms with E-state index in [1.165, 1.54) is 0 Å². The maximum Gasteiger partial charge on any atom is 0.319 e. The number of benzene rings is 2. The van der Waals surface area contributed by atoms with Crippen molar-refractivity contribution in [3.05, 3.63) is 59.1 Å². The average molecular weight is 372 g/mol. The normalized spacial score (nSPS) is 10.4. The van der Waals surface area contributed by atoms with Crippen molar-refractivity contribution in [3.8, 4) is 5.69 Å². The van der Waals surface area contributed by atoms with Gasteiger partial charge in [0.05, 0.1) is 5.69 Å². The van der Waals surface area contributed by atoms with Gasteiger partial charge in [-0.1, -0.05) is 41.0 Å². The molecule has 2 amide bonds. The molecule has 0 saturated heterocycles. The number of halogens is 1. The third-order valence-corrected chi connectivity index (χ3v) is 4.00. The number of aromatic nitrogens is 4. The van der Waals surface area contributed by atoms with Crippen molar-refractivity contribution in [1.29, 1.82) is 0 Å². The molecule has 0 saturated carbocycles. The Hall–Kier alpha value is -3.13. The predicted octanol–water partition coefficient (Wildman–Crippen LogP) is 2.86. The highest BCUT2D eigenvalue weighted by atomic mass is 35.5. The summed E-state index contributed by atoms with van der Waals surface area (Å²) in [7, 11) is 0. The molecule has 0 aliphatic heterocycles. The van der Waals surface area contributed by atoms with Crippen molar-refractivity contribution in [2.75, 3.05) is 23.7 Å². The third kappa shape index (κ3) is 4.48. The van der Waals surface area contributed by atoms with Crippen molar-refractivity contribution in [3.63, 3.8) is 0 Å². The summed E-state index contributed by atoms with van der Waals surface area (Å²) in [5, 5.41) is 20.8. The maximum absolute atomic E-state index is 11.9. The SMILES string of the molecule is Cc1ccc(NC(=O)NCCNc2nnnn2-c2ccccc2)cc1Cl. The molecule has 0 atom stereocenters. The van der Waals surface area contributed by atoms with E-state index in [0.29, 0.717) is 29.7 Å². The smallest absolute Gasteiger partial charge is 0.319 e. The Balaban J connectivity index is 1.47. The minimum atomic E-state index is -0.311. The van der Waals surface area contributed by atoms with Crippen LogP contribution in [0.2, 0.25) is 5.02 Å². The summed E-state index contributed by atoms with van der Waals surface area (Å²) in [6.07, 6.45) is 0. The highest BCUT2D eigenvalue weighted by molar-refractivity contribution is 6.31. The number of rotatable bonds is 6. The van der Waals surface area contributed by atoms with E-state index >= 15 is 0 Å². The molecule has 1 aromatic heterocycles. The lowest BCUT2D eigenvalue weighted by Gasteiger charge is -2.10. The number of urea groups is 1. The zero-order valence-corrected chi connectivity index (χ0v) is 14.9. The number of para-hydroxylation sites is 1. The Morgan fingerprint density at radius 1 is 1.15 bits per heavy atom. The number of aryl methyl sites for hydroxylation is 1. The van der Waals surface area contributed by atoms with Crippen molar-refractivity contribution in [1.82, 2.24) is 25.5 Å². The second kappa shape index (κ2) is 8.30. The van der Waals surface area contributed by atoms with E-state index in [9.17, 15) is 4.79 Å². The van der Waals surface area contributed by atoms with Crippen molar-refractivity contribution in [2.24, 2.45) is 0 Å². The number of hydrogen-bond donors (Lipinski definition) is 3. The number of carbonyl (C=O) groups excluding carboxylic acids is 1. The Kier molecular flexibility index (Phi) is 5.65. The summed E-state index contributed by atoms with van der Waals surface area (Å²) in [5.41, 5.74) is 2.44. The van der Waals surface area contributed by atoms with E-state index in [4.69, 9.17) is 11.6 Å². The van der Waals surface area contributed by atoms with Crippen LogP contribution in [0.4, 0.5) is 16.4 Å². The summed E-state index contributed by atoms with van der Waals surface area (Å²) in [6.45, 7) is 2.77. The largest absolute Gasteiger partial charge is 0.351 e. The summed E-state index contributed by atoms with van der Waals surface area (Å²) >= 11 is 6.04. The zero-order valence-electron chi connectivity index (χ0n) is 14.1. The number of tetrazole rings is 1. The Bertz CT molecular complexity index is 882. The molecule has 0 radical (unpaired) electrons. The molecular formula is C17H18ClN7O. The molecule has 0 aliphatic carbocycles. The van der Waals surface area contributed by atoms with Gasteiger partial charge in [0.2, 0.25) is 5.95 Å². The first-order valence-corrected chi connectivity index (χ1v) is 8.40. The lowest BCUT2D eigenvalue weighted by molar-refractivity contribution is 0.252. The molecule has 8 nitrogen and oxygen atoms in total. The minimum Gasteiger partial charge on any atom is -0.351 e. The summed E-state index contributed by atoms with van der Waals surface area (Å²) in [6, 6.07) is 14.6. The number of nitrogens with one attached hydrogen (secondary N) is 3. The highest BCUT2D eigenvalue weighted by Crippen LogP contribution is 2.19. The van der Waals surface area contributed by atoms with Gasteiger partial charge in [0, 0.05) is 23.8 Å². The molecule has 0 aliphatic rings. The lowest BCUT2D eigenvalue weighted by Crippen LogP contribution is -2.33. The Morgan fingerprint density at radius 2 is 1.96 bits per heavy atom. The topological polar surface area (TPSA) is 96.8 Å². The fourth-order valence-electron chi connectivity index (χ4n) is 2.24. The Labute approximate surface area is 155 Å². The van der Waals surface area contributed by atoms with Crippen LogP contribution in [0, 0.1) is 6.92 Å². The lowest BCUT2D eigenvalue weighted by atomic mass is 10.2. The molecule has 9 heteroatoms. The van der Waals surface area contributed by atoms with Gasteiger partial charge >= 0.3 is 6.03 Å². The summed E-state index contributed by atoms with van der Waals surface area (Å²) < 4.78 is 1.59. The number of anilines is 2. The minimum absolute atomic E-state index is 0.311. The van der Waals surface area contributed by atoms with Gasteiger partial charge in [0.1, 0.15) is 0 Å². The first kappa shape index (κ1) is 17.7. The summed E-state index contributed by atoms with van der Waals surface area (Å²) in [5.74, 6) is 0.503. The molecule has 0 bridgehead atoms. The van der Waals surface area contributed by atoms with Crippen LogP contribution in [-0.4, -0.2) is 39.3 Å². The molecular weight excluding hydrogens is 354 g/mol. The Morgan fingerprint density at radius 3 is 2.73 bits per heavy atom. The molecule has 0 spiro atoms. The number of hydrogen-bond acceptors (Lipinski definition) is 5. The molecule has 3 N–H and O–H groups in total. The van der Waals surface area contributed by atoms with Crippen LogP contribution < -0.4 is 16.0 Å². The van der Waals surface area contributed by atoms with E-state index in [-0.39, 0.29) is 6.03 Å². The molecule has 2 aromatic carbocycles. The van der Waals surface area contributed by atoms with E-state index in [1.54, 1.807) is 16.8 Å². The molecule has 3 aromatic rings. The van der Waals surface area contributed by atoms with Gasteiger partial charge in [-0.25, -0.2) is 4.79 Å². The zero-order chi connectivity index (χ0) is 18.4. The number of carbonyl (C=O) groups is 1. The van der Waals surface area contributed by atoms with Crippen molar-refractivity contribution >= 4 is 29.3 Å². The standard InChI is InChI=1S/C17H18ClN7O/c1-12-7-8-13(11-15(12)18)21-17(26)20-10-9-19-16-22-23-24-25(16)14-5-3-2-4-6-14/h2-8,11H,9-10H2,1H3,(H,19,22,24)(H2,20,21,26). The van der Waals surface area contributed by atoms with Gasteiger partial charge in [-0.3, -0.25) is 0 Å². The summed E-state index contributed by atoms with van der Waals surface area (Å²) in [4.78, 5) is 11.9. The van der Waals surface area contributed by atoms with Crippen LogP contribution in [0.3, 0.4) is 0 Å². The molecule has 134 valence electrons. The van der Waals surface area contributed by atoms with E-state index in [2.05, 4.69) is 31.5 Å². The van der Waals surface area contributed by atoms with Crippen LogP contribution in [0.5, 0.6) is 0 Å². The van der Waals surface area contributed by atoms with E-state index in [1.807, 2.05) is 43.3 Å². The quantitative estimate of drug-likeness (QED) is 0.579. The number of amides is 2. The molecule has 1 heterocycles. The number of nitrogens with zero attached hydrogens (tertiary/aromatic N) is 4. The van der Waals surface area contributed by atoms with Crippen molar-refractivity contribution < 1.29 is 4.79 Å². The second-order valence-electron chi connectivity index (χ2n) is 5.52. The van der Waals surface area contributed by atoms with E-state index in [0.717, 1.165) is 11.3 Å². The second-order valence-corrected chi connectivity index (χ2v) is 5.93. The maximum atomic E-state index is 11.9. The van der Waals surface area contributed by atoms with Crippen molar-refractivity contribution in [2.45, 2.75) is 6.92 Å². The average Bonchev–Trinajstić information content (AvgIpc) is 3.11. The van der Waals surface area contributed by atoms with Crippen LogP contribution in [0.15, 0.2) is 48.5 Å². The molecule has 0 unspecified atom stereocenters. The molecule has 0 fully saturated rings. The van der Waals surface area contributed by atoms with Crippen LogP contribution >= 0.6 is 11.6 Å². The van der Waals surface area contributed by atoms with Gasteiger partial charge in [0.25, 0.3) is 0 Å². The third-order valence-electron chi connectivity index (χ3n) is 3.59.